The first-order valence-electron chi connectivity index (χ1n) is 24.2. The number of fused-ring (bicyclic) bond motifs is 10. The Bertz CT molecular complexity index is 3670. The van der Waals surface area contributed by atoms with Crippen LogP contribution in [0, 0.1) is 6.92 Å². The average molecular weight is 893 g/mol. The average Bonchev–Trinajstić information content (AvgIpc) is 3.89. The van der Waals surface area contributed by atoms with Gasteiger partial charge in [-0.2, -0.15) is 0 Å². The summed E-state index contributed by atoms with van der Waals surface area (Å²) in [4.78, 5) is 4.82. The van der Waals surface area contributed by atoms with Gasteiger partial charge in [-0.3, -0.25) is 0 Å². The third-order valence-electron chi connectivity index (χ3n) is 14.5. The summed E-state index contributed by atoms with van der Waals surface area (Å²) in [6.07, 6.45) is 0. The van der Waals surface area contributed by atoms with Crippen molar-refractivity contribution >= 4 is 34.1 Å². The lowest BCUT2D eigenvalue weighted by molar-refractivity contribution is 0.793. The molecule has 11 aromatic rings. The summed E-state index contributed by atoms with van der Waals surface area (Å²) in [6, 6.07) is 100. The Hall–Kier alpha value is -8.98. The van der Waals surface area contributed by atoms with Crippen LogP contribution in [0.15, 0.2) is 273 Å². The van der Waals surface area contributed by atoms with Crippen LogP contribution in [0.3, 0.4) is 0 Å². The summed E-state index contributed by atoms with van der Waals surface area (Å²) >= 11 is 0. The van der Waals surface area contributed by atoms with E-state index in [4.69, 9.17) is 0 Å². The van der Waals surface area contributed by atoms with E-state index in [-0.39, 0.29) is 0 Å². The number of rotatable bonds is 9. The minimum absolute atomic E-state index is 0.467. The normalized spacial score (nSPS) is 12.5. The lowest BCUT2D eigenvalue weighted by atomic mass is 9.70. The molecule has 0 atom stereocenters. The second kappa shape index (κ2) is 17.0. The highest BCUT2D eigenvalue weighted by Gasteiger charge is 2.51. The minimum Gasteiger partial charge on any atom is -0.310 e. The number of anilines is 6. The van der Waals surface area contributed by atoms with Gasteiger partial charge in [-0.25, -0.2) is 0 Å². The van der Waals surface area contributed by atoms with E-state index in [1.807, 2.05) is 0 Å². The van der Waals surface area contributed by atoms with Crippen molar-refractivity contribution in [2.45, 2.75) is 12.3 Å². The highest BCUT2D eigenvalue weighted by Crippen LogP contribution is 2.63. The standard InChI is InChI=1S/C68H48N2/c1-47-33-39-62-63-40-36-52(45-67(63)68(66(62)41-47)64-31-16-14-29-60(64)61-30-15-17-32-65(61)68)53-43-58(69(54-24-10-4-11-25-54)56-37-34-50(35-38-56)48-19-6-2-7-20-48)46-59(44-53)70(55-26-12-5-13-27-55)57-28-18-23-51(42-57)49-21-8-3-9-22-49/h2-46H,1H3. The topological polar surface area (TPSA) is 6.48 Å². The molecule has 0 aliphatic heterocycles. The molecule has 330 valence electrons. The van der Waals surface area contributed by atoms with E-state index >= 15 is 0 Å². The first-order valence-corrected chi connectivity index (χ1v) is 24.2. The SMILES string of the molecule is Cc1ccc2c(c1)C1(c3ccccc3-c3ccccc31)c1cc(-c3cc(N(c4ccccc4)c4ccc(-c5ccccc5)cc4)cc(N(c4ccccc4)c4cccc(-c5ccccc5)c4)c3)ccc1-2. The Morgan fingerprint density at radius 1 is 0.229 bits per heavy atom. The van der Waals surface area contributed by atoms with Crippen molar-refractivity contribution in [3.63, 3.8) is 0 Å². The minimum atomic E-state index is -0.467. The van der Waals surface area contributed by atoms with E-state index in [9.17, 15) is 0 Å². The smallest absolute Gasteiger partial charge is 0.0725 e. The molecule has 2 aliphatic carbocycles. The third-order valence-corrected chi connectivity index (χ3v) is 14.5. The lowest BCUT2D eigenvalue weighted by Crippen LogP contribution is -2.26. The number of hydrogen-bond acceptors (Lipinski definition) is 2. The Morgan fingerprint density at radius 3 is 1.21 bits per heavy atom. The van der Waals surface area contributed by atoms with Crippen LogP contribution in [-0.4, -0.2) is 0 Å². The van der Waals surface area contributed by atoms with Gasteiger partial charge in [-0.1, -0.05) is 206 Å². The van der Waals surface area contributed by atoms with Gasteiger partial charge in [0.15, 0.2) is 0 Å². The summed E-state index contributed by atoms with van der Waals surface area (Å²) in [6.45, 7) is 2.23. The summed E-state index contributed by atoms with van der Waals surface area (Å²) in [5.74, 6) is 0. The largest absolute Gasteiger partial charge is 0.310 e. The van der Waals surface area contributed by atoms with Gasteiger partial charge in [-0.05, 0) is 158 Å². The molecule has 70 heavy (non-hydrogen) atoms. The van der Waals surface area contributed by atoms with Gasteiger partial charge >= 0.3 is 0 Å². The fraction of sp³-hybridized carbons (Fsp3) is 0.0294. The summed E-state index contributed by atoms with van der Waals surface area (Å²) < 4.78 is 0. The molecule has 13 rings (SSSR count). The molecule has 0 amide bonds. The fourth-order valence-corrected chi connectivity index (χ4v) is 11.4. The molecule has 2 nitrogen and oxygen atoms in total. The summed E-state index contributed by atoms with van der Waals surface area (Å²) in [7, 11) is 0. The van der Waals surface area contributed by atoms with Crippen molar-refractivity contribution in [1.29, 1.82) is 0 Å². The Kier molecular flexibility index (Phi) is 9.99. The van der Waals surface area contributed by atoms with Crippen LogP contribution < -0.4 is 9.80 Å². The monoisotopic (exact) mass is 892 g/mol. The molecule has 1 spiro atoms. The van der Waals surface area contributed by atoms with Crippen LogP contribution in [0.2, 0.25) is 0 Å². The first-order chi connectivity index (χ1) is 34.6. The Balaban J connectivity index is 1.06. The van der Waals surface area contributed by atoms with Crippen molar-refractivity contribution in [3.8, 4) is 55.6 Å². The molecule has 0 fully saturated rings. The molecule has 0 radical (unpaired) electrons. The zero-order valence-corrected chi connectivity index (χ0v) is 38.9. The van der Waals surface area contributed by atoms with Gasteiger partial charge < -0.3 is 9.80 Å². The van der Waals surface area contributed by atoms with Crippen molar-refractivity contribution in [1.82, 2.24) is 0 Å². The molecule has 0 saturated heterocycles. The van der Waals surface area contributed by atoms with Gasteiger partial charge in [0, 0.05) is 34.1 Å². The van der Waals surface area contributed by atoms with E-state index < -0.39 is 5.41 Å². The predicted molar refractivity (Wildman–Crippen MR) is 293 cm³/mol. The highest BCUT2D eigenvalue weighted by atomic mass is 15.2. The summed E-state index contributed by atoms with van der Waals surface area (Å²) in [5.41, 5.74) is 24.8. The molecule has 0 aromatic heterocycles. The number of nitrogens with zero attached hydrogens (tertiary/aromatic N) is 2. The summed E-state index contributed by atoms with van der Waals surface area (Å²) in [5, 5.41) is 0. The van der Waals surface area contributed by atoms with Gasteiger partial charge in [0.05, 0.1) is 5.41 Å². The van der Waals surface area contributed by atoms with Crippen molar-refractivity contribution < 1.29 is 0 Å². The molecule has 2 aliphatic rings. The maximum absolute atomic E-state index is 2.51. The number of benzene rings is 11. The molecule has 2 heteroatoms. The fourth-order valence-electron chi connectivity index (χ4n) is 11.4. The van der Waals surface area contributed by atoms with Crippen LogP contribution in [0.25, 0.3) is 55.6 Å². The van der Waals surface area contributed by atoms with E-state index in [1.165, 1.54) is 66.8 Å². The maximum atomic E-state index is 2.51. The Morgan fingerprint density at radius 2 is 0.614 bits per heavy atom. The molecular weight excluding hydrogens is 845 g/mol. The molecule has 0 bridgehead atoms. The van der Waals surface area contributed by atoms with Crippen LogP contribution in [0.1, 0.15) is 27.8 Å². The quantitative estimate of drug-likeness (QED) is 0.142. The molecule has 11 aromatic carbocycles. The second-order valence-corrected chi connectivity index (χ2v) is 18.6. The predicted octanol–water partition coefficient (Wildman–Crippen LogP) is 18.3. The van der Waals surface area contributed by atoms with Crippen LogP contribution in [0.5, 0.6) is 0 Å². The van der Waals surface area contributed by atoms with E-state index in [2.05, 4.69) is 290 Å². The van der Waals surface area contributed by atoms with Crippen LogP contribution in [0.4, 0.5) is 34.1 Å². The van der Waals surface area contributed by atoms with Crippen molar-refractivity contribution in [3.05, 3.63) is 301 Å². The van der Waals surface area contributed by atoms with E-state index in [1.54, 1.807) is 0 Å². The van der Waals surface area contributed by atoms with Crippen LogP contribution >= 0.6 is 0 Å². The van der Waals surface area contributed by atoms with Crippen LogP contribution in [-0.2, 0) is 5.41 Å². The number of para-hydroxylation sites is 2. The molecular formula is C68H48N2. The van der Waals surface area contributed by atoms with E-state index in [0.717, 1.165) is 50.8 Å². The van der Waals surface area contributed by atoms with Crippen molar-refractivity contribution in [2.75, 3.05) is 9.80 Å². The van der Waals surface area contributed by atoms with Gasteiger partial charge in [0.1, 0.15) is 0 Å². The number of hydrogen-bond donors (Lipinski definition) is 0. The van der Waals surface area contributed by atoms with Gasteiger partial charge in [-0.15, -0.1) is 0 Å². The lowest BCUT2D eigenvalue weighted by Gasteiger charge is -2.32. The van der Waals surface area contributed by atoms with E-state index in [0.29, 0.717) is 0 Å². The van der Waals surface area contributed by atoms with Gasteiger partial charge in [0.2, 0.25) is 0 Å². The molecule has 0 unspecified atom stereocenters. The van der Waals surface area contributed by atoms with Gasteiger partial charge in [0.25, 0.3) is 0 Å². The zero-order valence-electron chi connectivity index (χ0n) is 38.9. The zero-order chi connectivity index (χ0) is 46.6. The molecule has 0 N–H and O–H groups in total. The Labute approximate surface area is 410 Å². The van der Waals surface area contributed by atoms with Crippen molar-refractivity contribution in [2.24, 2.45) is 0 Å². The third kappa shape index (κ3) is 6.79. The highest BCUT2D eigenvalue weighted by molar-refractivity contribution is 5.97. The number of aryl methyl sites for hydroxylation is 1. The second-order valence-electron chi connectivity index (χ2n) is 18.6. The first kappa shape index (κ1) is 41.2. The maximum Gasteiger partial charge on any atom is 0.0725 e. The molecule has 0 saturated carbocycles. The molecule has 0 heterocycles.